The predicted molar refractivity (Wildman–Crippen MR) is 53.6 cm³/mol. The van der Waals surface area contributed by atoms with Crippen LogP contribution in [0, 0.1) is 0 Å². The summed E-state index contributed by atoms with van der Waals surface area (Å²) in [6.07, 6.45) is -1.70. The molecule has 1 unspecified atom stereocenters. The van der Waals surface area contributed by atoms with E-state index in [-0.39, 0.29) is 12.5 Å². The van der Waals surface area contributed by atoms with Crippen molar-refractivity contribution in [3.05, 3.63) is 0 Å². The number of unbranched alkanes of at least 4 members (excludes halogenated alkanes) is 1. The van der Waals surface area contributed by atoms with Gasteiger partial charge in [-0.3, -0.25) is 0 Å². The number of nitrogens with two attached hydrogens (primary N) is 1. The molecular formula is C10H19F3N2. The second kappa shape index (κ2) is 5.70. The van der Waals surface area contributed by atoms with E-state index in [1.165, 1.54) is 0 Å². The number of piperidine rings is 1. The smallest absolute Gasteiger partial charge is 0.327 e. The van der Waals surface area contributed by atoms with Gasteiger partial charge in [-0.2, -0.15) is 13.2 Å². The maximum Gasteiger partial charge on any atom is 0.389 e. The molecule has 0 radical (unpaired) electrons. The number of likely N-dealkylation sites (tertiary alicyclic amines) is 1. The van der Waals surface area contributed by atoms with Gasteiger partial charge in [0.1, 0.15) is 0 Å². The monoisotopic (exact) mass is 224 g/mol. The molecule has 2 nitrogen and oxygen atoms in total. The molecule has 1 rings (SSSR count). The Kier molecular flexibility index (Phi) is 4.86. The highest BCUT2D eigenvalue weighted by molar-refractivity contribution is 4.74. The van der Waals surface area contributed by atoms with Gasteiger partial charge in [0.05, 0.1) is 0 Å². The zero-order valence-corrected chi connectivity index (χ0v) is 8.89. The van der Waals surface area contributed by atoms with Gasteiger partial charge in [-0.15, -0.1) is 0 Å². The molecule has 5 heteroatoms. The number of hydrogen-bond donors (Lipinski definition) is 1. The van der Waals surface area contributed by atoms with Crippen LogP contribution in [-0.4, -0.2) is 36.8 Å². The Labute approximate surface area is 88.6 Å². The lowest BCUT2D eigenvalue weighted by Crippen LogP contribution is -2.43. The molecule has 1 atom stereocenters. The van der Waals surface area contributed by atoms with Crippen LogP contribution in [0.5, 0.6) is 0 Å². The Morgan fingerprint density at radius 2 is 2.00 bits per heavy atom. The van der Waals surface area contributed by atoms with E-state index in [0.717, 1.165) is 32.5 Å². The summed E-state index contributed by atoms with van der Waals surface area (Å²) in [6, 6.07) is 0.210. The minimum Gasteiger partial charge on any atom is -0.327 e. The highest BCUT2D eigenvalue weighted by Crippen LogP contribution is 2.22. The van der Waals surface area contributed by atoms with Crippen molar-refractivity contribution in [2.45, 2.75) is 44.3 Å². The van der Waals surface area contributed by atoms with Gasteiger partial charge in [0.25, 0.3) is 0 Å². The van der Waals surface area contributed by atoms with Gasteiger partial charge in [-0.05, 0) is 38.8 Å². The van der Waals surface area contributed by atoms with E-state index in [1.54, 1.807) is 0 Å². The fourth-order valence-electron chi connectivity index (χ4n) is 1.96. The molecule has 0 aromatic rings. The first-order valence-corrected chi connectivity index (χ1v) is 5.52. The Morgan fingerprint density at radius 3 is 2.60 bits per heavy atom. The highest BCUT2D eigenvalue weighted by atomic mass is 19.4. The van der Waals surface area contributed by atoms with Gasteiger partial charge in [0.2, 0.25) is 0 Å². The van der Waals surface area contributed by atoms with Gasteiger partial charge >= 0.3 is 6.18 Å². The Balaban J connectivity index is 2.04. The lowest BCUT2D eigenvalue weighted by atomic mass is 10.1. The van der Waals surface area contributed by atoms with Crippen LogP contribution in [0.4, 0.5) is 13.2 Å². The average Bonchev–Trinajstić information content (AvgIpc) is 2.11. The first-order chi connectivity index (χ1) is 6.97. The fraction of sp³-hybridized carbons (Fsp3) is 1.00. The van der Waals surface area contributed by atoms with E-state index in [2.05, 4.69) is 4.90 Å². The number of rotatable bonds is 4. The molecule has 0 aromatic carbocycles. The molecule has 1 saturated heterocycles. The lowest BCUT2D eigenvalue weighted by Gasteiger charge is -2.30. The highest BCUT2D eigenvalue weighted by Gasteiger charge is 2.26. The van der Waals surface area contributed by atoms with Crippen molar-refractivity contribution >= 4 is 0 Å². The molecule has 0 spiro atoms. The van der Waals surface area contributed by atoms with Crippen LogP contribution in [0.1, 0.15) is 32.1 Å². The normalized spacial score (nSPS) is 24.4. The maximum absolute atomic E-state index is 11.8. The van der Waals surface area contributed by atoms with Crippen LogP contribution >= 0.6 is 0 Å². The largest absolute Gasteiger partial charge is 0.389 e. The van der Waals surface area contributed by atoms with E-state index < -0.39 is 12.6 Å². The van der Waals surface area contributed by atoms with Crippen molar-refractivity contribution in [3.63, 3.8) is 0 Å². The Bertz CT molecular complexity index is 182. The van der Waals surface area contributed by atoms with Gasteiger partial charge in [0.15, 0.2) is 0 Å². The maximum atomic E-state index is 11.8. The third kappa shape index (κ3) is 5.99. The van der Waals surface area contributed by atoms with E-state index in [1.807, 2.05) is 0 Å². The van der Waals surface area contributed by atoms with Crippen molar-refractivity contribution < 1.29 is 13.2 Å². The van der Waals surface area contributed by atoms with Crippen molar-refractivity contribution in [1.29, 1.82) is 0 Å². The molecule has 0 aromatic heterocycles. The summed E-state index contributed by atoms with van der Waals surface area (Å²) in [5.41, 5.74) is 5.78. The fourth-order valence-corrected chi connectivity index (χ4v) is 1.96. The average molecular weight is 224 g/mol. The summed E-state index contributed by atoms with van der Waals surface area (Å²) >= 11 is 0. The molecule has 1 fully saturated rings. The van der Waals surface area contributed by atoms with Crippen molar-refractivity contribution in [2.24, 2.45) is 5.73 Å². The third-order valence-corrected chi connectivity index (χ3v) is 2.73. The number of alkyl halides is 3. The van der Waals surface area contributed by atoms with Crippen LogP contribution in [0.2, 0.25) is 0 Å². The van der Waals surface area contributed by atoms with E-state index in [0.29, 0.717) is 6.42 Å². The van der Waals surface area contributed by atoms with Crippen LogP contribution in [0.3, 0.4) is 0 Å². The first kappa shape index (κ1) is 12.8. The molecule has 15 heavy (non-hydrogen) atoms. The summed E-state index contributed by atoms with van der Waals surface area (Å²) in [5.74, 6) is 0. The van der Waals surface area contributed by atoms with Gasteiger partial charge in [-0.1, -0.05) is 0 Å². The van der Waals surface area contributed by atoms with Crippen LogP contribution in [-0.2, 0) is 0 Å². The van der Waals surface area contributed by atoms with Crippen molar-refractivity contribution in [1.82, 2.24) is 4.90 Å². The van der Waals surface area contributed by atoms with Gasteiger partial charge < -0.3 is 10.6 Å². The van der Waals surface area contributed by atoms with Crippen molar-refractivity contribution in [2.75, 3.05) is 19.6 Å². The second-order valence-electron chi connectivity index (χ2n) is 4.28. The summed E-state index contributed by atoms with van der Waals surface area (Å²) in [5, 5.41) is 0. The zero-order valence-electron chi connectivity index (χ0n) is 8.89. The zero-order chi connectivity index (χ0) is 11.3. The number of nitrogens with zero attached hydrogens (tertiary/aromatic N) is 1. The van der Waals surface area contributed by atoms with Crippen LogP contribution in [0.25, 0.3) is 0 Å². The minimum absolute atomic E-state index is 0.210. The second-order valence-corrected chi connectivity index (χ2v) is 4.28. The standard InChI is InChI=1S/C10H19F3N2/c11-10(12,13)5-1-2-6-15-7-3-4-9(14)8-15/h9H,1-8,14H2. The predicted octanol–water partition coefficient (Wildman–Crippen LogP) is 2.14. The molecule has 0 amide bonds. The summed E-state index contributed by atoms with van der Waals surface area (Å²) in [7, 11) is 0. The molecule has 1 aliphatic heterocycles. The number of hydrogen-bond acceptors (Lipinski definition) is 2. The molecular weight excluding hydrogens is 205 g/mol. The number of halogens is 3. The van der Waals surface area contributed by atoms with E-state index in [4.69, 9.17) is 5.73 Å². The Morgan fingerprint density at radius 1 is 1.27 bits per heavy atom. The van der Waals surface area contributed by atoms with Gasteiger partial charge in [0, 0.05) is 19.0 Å². The summed E-state index contributed by atoms with van der Waals surface area (Å²) in [6.45, 7) is 2.58. The topological polar surface area (TPSA) is 29.3 Å². The molecule has 90 valence electrons. The lowest BCUT2D eigenvalue weighted by molar-refractivity contribution is -0.135. The molecule has 1 heterocycles. The third-order valence-electron chi connectivity index (χ3n) is 2.73. The first-order valence-electron chi connectivity index (χ1n) is 5.52. The SMILES string of the molecule is NC1CCCN(CCCCC(F)(F)F)C1. The molecule has 0 saturated carbocycles. The summed E-state index contributed by atoms with van der Waals surface area (Å²) in [4.78, 5) is 2.17. The molecule has 0 bridgehead atoms. The quantitative estimate of drug-likeness (QED) is 0.741. The van der Waals surface area contributed by atoms with Crippen molar-refractivity contribution in [3.8, 4) is 0 Å². The minimum atomic E-state index is -4.00. The summed E-state index contributed by atoms with van der Waals surface area (Å²) < 4.78 is 35.5. The molecule has 0 aliphatic carbocycles. The van der Waals surface area contributed by atoms with Gasteiger partial charge in [-0.25, -0.2) is 0 Å². The van der Waals surface area contributed by atoms with Crippen LogP contribution < -0.4 is 5.73 Å². The van der Waals surface area contributed by atoms with E-state index in [9.17, 15) is 13.2 Å². The van der Waals surface area contributed by atoms with E-state index >= 15 is 0 Å². The Hall–Kier alpha value is -0.290. The van der Waals surface area contributed by atoms with Crippen LogP contribution in [0.15, 0.2) is 0 Å². The molecule has 1 aliphatic rings. The molecule has 2 N–H and O–H groups in total.